The molecule has 2 nitrogen and oxygen atoms in total. The average Bonchev–Trinajstić information content (AvgIpc) is 2.02. The third kappa shape index (κ3) is 4.83. The molecule has 0 aromatic rings. The molecule has 0 aliphatic carbocycles. The smallest absolute Gasteiger partial charge is 0.167 e. The highest BCUT2D eigenvalue weighted by atomic mass is 35.7. The van der Waals surface area contributed by atoms with E-state index in [4.69, 9.17) is 34.4 Å². The molecule has 0 rings (SSSR count). The van der Waals surface area contributed by atoms with Gasteiger partial charge in [0.05, 0.1) is 5.54 Å². The summed E-state index contributed by atoms with van der Waals surface area (Å²) < 4.78 is 6.04. The second-order valence-corrected chi connectivity index (χ2v) is 9.87. The first kappa shape index (κ1) is 16.1. The van der Waals surface area contributed by atoms with Crippen molar-refractivity contribution in [3.63, 3.8) is 0 Å². The van der Waals surface area contributed by atoms with Crippen molar-refractivity contribution < 1.29 is 0 Å². The Balaban J connectivity index is 5.33. The van der Waals surface area contributed by atoms with E-state index in [9.17, 15) is 0 Å². The molecule has 0 aromatic carbocycles. The van der Waals surface area contributed by atoms with Gasteiger partial charge in [0, 0.05) is 13.1 Å². The van der Waals surface area contributed by atoms with Gasteiger partial charge in [-0.25, -0.2) is 0 Å². The maximum Gasteiger partial charge on any atom is 0.167 e. The molecule has 0 aromatic heterocycles. The molecule has 0 aliphatic heterocycles. The first-order valence-corrected chi connectivity index (χ1v) is 8.58. The Labute approximate surface area is 108 Å². The van der Waals surface area contributed by atoms with Crippen molar-refractivity contribution in [3.8, 4) is 0 Å². The predicted octanol–water partition coefficient (Wildman–Crippen LogP) is 5.16. The van der Waals surface area contributed by atoms with Crippen molar-refractivity contribution in [2.45, 2.75) is 44.7 Å². The summed E-state index contributed by atoms with van der Waals surface area (Å²) in [7, 11) is 0. The monoisotopic (exact) mass is 292 g/mol. The zero-order chi connectivity index (χ0) is 12.3. The fourth-order valence-corrected chi connectivity index (χ4v) is 5.69. The fourth-order valence-electron chi connectivity index (χ4n) is 1.27. The highest BCUT2D eigenvalue weighted by Crippen LogP contribution is 2.66. The van der Waals surface area contributed by atoms with Crippen LogP contribution in [0.2, 0.25) is 0 Å². The van der Waals surface area contributed by atoms with E-state index in [1.807, 2.05) is 34.6 Å². The minimum Gasteiger partial charge on any atom is -0.265 e. The zero-order valence-corrected chi connectivity index (χ0v) is 13.1. The minimum absolute atomic E-state index is 0.222. The summed E-state index contributed by atoms with van der Waals surface area (Å²) in [6, 6.07) is 0. The standard InChI is InChI=1S/C9H20Cl3N2P/c1-6-14(7-2)15(12,8(10)11)13-9(3,4)5/h8H,6-7H2,1-5H3. The molecule has 0 aliphatic rings. The number of alkyl halides is 2. The molecule has 0 radical (unpaired) electrons. The van der Waals surface area contributed by atoms with Gasteiger partial charge < -0.3 is 0 Å². The third-order valence-electron chi connectivity index (χ3n) is 1.82. The van der Waals surface area contributed by atoms with Crippen LogP contribution in [0.25, 0.3) is 0 Å². The van der Waals surface area contributed by atoms with E-state index in [0.29, 0.717) is 0 Å². The van der Waals surface area contributed by atoms with Gasteiger partial charge in [-0.2, -0.15) is 0 Å². The minimum atomic E-state index is -2.31. The molecule has 1 unspecified atom stereocenters. The molecule has 0 N–H and O–H groups in total. The van der Waals surface area contributed by atoms with Crippen molar-refractivity contribution >= 4 is 41.0 Å². The van der Waals surface area contributed by atoms with E-state index in [2.05, 4.69) is 9.42 Å². The summed E-state index contributed by atoms with van der Waals surface area (Å²) in [5.41, 5.74) is -0.222. The van der Waals surface area contributed by atoms with Crippen molar-refractivity contribution in [1.82, 2.24) is 4.67 Å². The van der Waals surface area contributed by atoms with Crippen LogP contribution in [0.5, 0.6) is 0 Å². The van der Waals surface area contributed by atoms with Crippen molar-refractivity contribution in [2.75, 3.05) is 13.1 Å². The Bertz CT molecular complexity index is 244. The van der Waals surface area contributed by atoms with Gasteiger partial charge in [-0.05, 0) is 20.8 Å². The molecule has 0 bridgehead atoms. The molecular weight excluding hydrogens is 273 g/mol. The van der Waals surface area contributed by atoms with Crippen LogP contribution >= 0.6 is 41.0 Å². The second kappa shape index (κ2) is 6.12. The van der Waals surface area contributed by atoms with Crippen molar-refractivity contribution in [1.29, 1.82) is 0 Å². The Hall–Kier alpha value is 1.06. The van der Waals surface area contributed by atoms with Gasteiger partial charge in [-0.3, -0.25) is 9.42 Å². The zero-order valence-electron chi connectivity index (χ0n) is 9.97. The molecular formula is C9H20Cl3N2P. The van der Waals surface area contributed by atoms with Crippen LogP contribution < -0.4 is 0 Å². The van der Waals surface area contributed by atoms with Crippen LogP contribution in [0.4, 0.5) is 0 Å². The highest BCUT2D eigenvalue weighted by Gasteiger charge is 2.32. The summed E-state index contributed by atoms with van der Waals surface area (Å²) in [4.78, 5) is 0. The Morgan fingerprint density at radius 1 is 1.20 bits per heavy atom. The quantitative estimate of drug-likeness (QED) is 0.516. The first-order chi connectivity index (χ1) is 6.67. The van der Waals surface area contributed by atoms with E-state index in [1.54, 1.807) is 0 Å². The van der Waals surface area contributed by atoms with E-state index in [0.717, 1.165) is 13.1 Å². The van der Waals surface area contributed by atoms with E-state index >= 15 is 0 Å². The van der Waals surface area contributed by atoms with Crippen LogP contribution in [0, 0.1) is 0 Å². The van der Waals surface area contributed by atoms with E-state index < -0.39 is 11.1 Å². The lowest BCUT2D eigenvalue weighted by Gasteiger charge is -2.33. The van der Waals surface area contributed by atoms with Crippen LogP contribution in [0.1, 0.15) is 34.6 Å². The molecule has 0 saturated heterocycles. The first-order valence-electron chi connectivity index (χ1n) is 5.03. The van der Waals surface area contributed by atoms with Gasteiger partial charge in [0.25, 0.3) is 0 Å². The SMILES string of the molecule is CCN(CC)P(Cl)(=NC(C)(C)C)C(Cl)Cl. The number of hydrogen-bond acceptors (Lipinski definition) is 1. The van der Waals surface area contributed by atoms with Crippen LogP contribution in [0.3, 0.4) is 0 Å². The Morgan fingerprint density at radius 3 is 1.80 bits per heavy atom. The maximum absolute atomic E-state index is 6.53. The average molecular weight is 294 g/mol. The predicted molar refractivity (Wildman–Crippen MR) is 73.4 cm³/mol. The van der Waals surface area contributed by atoms with Gasteiger partial charge in [-0.1, -0.05) is 48.3 Å². The van der Waals surface area contributed by atoms with Gasteiger partial charge in [0.2, 0.25) is 0 Å². The number of hydrogen-bond donors (Lipinski definition) is 0. The molecule has 0 saturated carbocycles. The molecule has 0 fully saturated rings. The summed E-state index contributed by atoms with van der Waals surface area (Å²) in [5, 5.41) is 0. The number of rotatable bonds is 4. The van der Waals surface area contributed by atoms with Gasteiger partial charge in [0.15, 0.2) is 4.58 Å². The molecule has 0 heterocycles. The van der Waals surface area contributed by atoms with E-state index in [-0.39, 0.29) is 5.54 Å². The maximum atomic E-state index is 6.53. The fraction of sp³-hybridized carbons (Fsp3) is 1.00. The lowest BCUT2D eigenvalue weighted by Crippen LogP contribution is -2.22. The number of halogens is 3. The topological polar surface area (TPSA) is 15.6 Å². The van der Waals surface area contributed by atoms with E-state index in [1.165, 1.54) is 0 Å². The summed E-state index contributed by atoms with van der Waals surface area (Å²) in [5.74, 6) is 0. The normalized spacial score (nSPS) is 16.9. The Kier molecular flexibility index (Phi) is 6.55. The second-order valence-electron chi connectivity index (χ2n) is 4.26. The van der Waals surface area contributed by atoms with Crippen molar-refractivity contribution in [3.05, 3.63) is 0 Å². The molecule has 1 atom stereocenters. The third-order valence-corrected chi connectivity index (χ3v) is 8.24. The van der Waals surface area contributed by atoms with Gasteiger partial charge >= 0.3 is 0 Å². The molecule has 0 amide bonds. The van der Waals surface area contributed by atoms with Gasteiger partial charge in [-0.15, -0.1) is 0 Å². The summed E-state index contributed by atoms with van der Waals surface area (Å²) in [6.07, 6.45) is 0. The van der Waals surface area contributed by atoms with Crippen LogP contribution in [-0.4, -0.2) is 27.9 Å². The van der Waals surface area contributed by atoms with Gasteiger partial charge in [0.1, 0.15) is 6.56 Å². The molecule has 6 heteroatoms. The largest absolute Gasteiger partial charge is 0.265 e. The highest BCUT2D eigenvalue weighted by molar-refractivity contribution is 7.92. The number of nitrogens with zero attached hydrogens (tertiary/aromatic N) is 2. The van der Waals surface area contributed by atoms with Crippen molar-refractivity contribution in [2.24, 2.45) is 4.74 Å². The van der Waals surface area contributed by atoms with Crippen LogP contribution in [-0.2, 0) is 0 Å². The molecule has 15 heavy (non-hydrogen) atoms. The lowest BCUT2D eigenvalue weighted by molar-refractivity contribution is 0.497. The molecule has 0 spiro atoms. The summed E-state index contributed by atoms with van der Waals surface area (Å²) in [6.45, 7) is 9.39. The Morgan fingerprint density at radius 2 is 1.60 bits per heavy atom. The summed E-state index contributed by atoms with van der Waals surface area (Å²) >= 11 is 18.5. The lowest BCUT2D eigenvalue weighted by atomic mass is 10.1. The van der Waals surface area contributed by atoms with Crippen LogP contribution in [0.15, 0.2) is 4.74 Å². The molecule has 92 valence electrons.